The fourth-order valence-corrected chi connectivity index (χ4v) is 0.607. The van der Waals surface area contributed by atoms with Gasteiger partial charge in [-0.2, -0.15) is 0 Å². The van der Waals surface area contributed by atoms with Crippen LogP contribution in [0.5, 0.6) is 0 Å². The second-order valence-electron chi connectivity index (χ2n) is 1.47. The van der Waals surface area contributed by atoms with Gasteiger partial charge in [0.15, 0.2) is 0 Å². The summed E-state index contributed by atoms with van der Waals surface area (Å²) in [5.41, 5.74) is 0. The summed E-state index contributed by atoms with van der Waals surface area (Å²) in [6.07, 6.45) is 3.63. The molecule has 2 heteroatoms. The van der Waals surface area contributed by atoms with Crippen LogP contribution in [-0.4, -0.2) is 12.8 Å². The Morgan fingerprint density at radius 2 is 1.86 bits per heavy atom. The maximum atomic E-state index is 11.3. The normalized spacial score (nSPS) is 9.43. The van der Waals surface area contributed by atoms with E-state index < -0.39 is 0 Å². The van der Waals surface area contributed by atoms with Crippen molar-refractivity contribution in [3.05, 3.63) is 0 Å². The monoisotopic (exact) mass is 120 g/mol. The van der Waals surface area contributed by atoms with Crippen molar-refractivity contribution in [2.45, 2.75) is 19.3 Å². The molecule has 0 unspecified atom stereocenters. The number of hydrogen-bond donors (Lipinski definition) is 0. The first-order chi connectivity index (χ1) is 3.41. The zero-order chi connectivity index (χ0) is 5.54. The molecule has 0 aromatic heterocycles. The molecule has 0 fully saturated rings. The number of hydrogen-bond acceptors (Lipinski definition) is 0. The Kier molecular flexibility index (Phi) is 6.69. The van der Waals surface area contributed by atoms with E-state index in [1.165, 1.54) is 0 Å². The smallest absolute Gasteiger partial charge is 0.0894 e. The molecule has 0 heterocycles. The zero-order valence-corrected chi connectivity index (χ0v) is 5.26. The Bertz CT molecular complexity index is 27.3. The summed E-state index contributed by atoms with van der Waals surface area (Å²) < 4.78 is 11.3. The van der Waals surface area contributed by atoms with Crippen molar-refractivity contribution in [3.63, 3.8) is 0 Å². The fourth-order valence-electron chi connectivity index (χ4n) is 0.383. The van der Waals surface area contributed by atoms with Gasteiger partial charge < -0.3 is 0 Å². The van der Waals surface area contributed by atoms with E-state index in [2.05, 4.69) is 9.24 Å². The van der Waals surface area contributed by atoms with Crippen LogP contribution < -0.4 is 0 Å². The number of unbranched alkanes of at least 4 members (excludes halogenated alkanes) is 2. The highest BCUT2D eigenvalue weighted by Gasteiger charge is 1.82. The minimum absolute atomic E-state index is 0.173. The zero-order valence-electron chi connectivity index (χ0n) is 4.36. The molecular formula is C5H10FP. The summed E-state index contributed by atoms with van der Waals surface area (Å²) in [4.78, 5) is 0. The Hall–Kier alpha value is 0.360. The van der Waals surface area contributed by atoms with Crippen LogP contribution >= 0.6 is 9.24 Å². The molecule has 0 aromatic carbocycles. The van der Waals surface area contributed by atoms with Gasteiger partial charge in [-0.25, -0.2) is 0 Å². The topological polar surface area (TPSA) is 0 Å². The van der Waals surface area contributed by atoms with E-state index in [4.69, 9.17) is 0 Å². The van der Waals surface area contributed by atoms with Crippen LogP contribution in [0.1, 0.15) is 19.3 Å². The third kappa shape index (κ3) is 6.36. The molecule has 0 atom stereocenters. The Morgan fingerprint density at radius 1 is 1.14 bits per heavy atom. The lowest BCUT2D eigenvalue weighted by molar-refractivity contribution is 0.460. The predicted octanol–water partition coefficient (Wildman–Crippen LogP) is 2.54. The number of halogens is 1. The van der Waals surface area contributed by atoms with E-state index in [-0.39, 0.29) is 6.67 Å². The molecule has 0 aliphatic carbocycles. The van der Waals surface area contributed by atoms with E-state index in [0.29, 0.717) is 6.42 Å². The van der Waals surface area contributed by atoms with Gasteiger partial charge in [-0.3, -0.25) is 4.39 Å². The number of alkyl halides is 1. The van der Waals surface area contributed by atoms with Crippen LogP contribution in [0.2, 0.25) is 0 Å². The van der Waals surface area contributed by atoms with Crippen LogP contribution in [0.4, 0.5) is 4.39 Å². The standard InChI is InChI=1S/C5H10FP/c6-4-2-1-3-5-7/h1-5H2. The average molecular weight is 120 g/mol. The molecule has 0 saturated heterocycles. The van der Waals surface area contributed by atoms with Gasteiger partial charge in [0.2, 0.25) is 0 Å². The fraction of sp³-hybridized carbons (Fsp3) is 1.00. The van der Waals surface area contributed by atoms with Crippen LogP contribution in [0, 0.1) is 0 Å². The molecule has 0 bridgehead atoms. The molecule has 0 spiro atoms. The van der Waals surface area contributed by atoms with Crippen molar-refractivity contribution in [1.29, 1.82) is 0 Å². The molecule has 0 aromatic rings. The third-order valence-corrected chi connectivity index (χ3v) is 1.11. The second-order valence-corrected chi connectivity index (χ2v) is 1.92. The lowest BCUT2D eigenvalue weighted by Gasteiger charge is -1.88. The van der Waals surface area contributed by atoms with Crippen molar-refractivity contribution in [3.8, 4) is 0 Å². The first-order valence-electron chi connectivity index (χ1n) is 2.58. The van der Waals surface area contributed by atoms with Gasteiger partial charge in [-0.15, -0.1) is 0 Å². The van der Waals surface area contributed by atoms with E-state index in [1.807, 2.05) is 0 Å². The summed E-state index contributed by atoms with van der Waals surface area (Å²) in [6.45, 7) is -0.173. The summed E-state index contributed by atoms with van der Waals surface area (Å²) in [6, 6.07) is 0. The highest BCUT2D eigenvalue weighted by Crippen LogP contribution is 1.97. The van der Waals surface area contributed by atoms with E-state index in [9.17, 15) is 4.39 Å². The highest BCUT2D eigenvalue weighted by atomic mass is 31.0. The Labute approximate surface area is 46.7 Å². The molecule has 0 saturated carbocycles. The Morgan fingerprint density at radius 3 is 2.29 bits per heavy atom. The first-order valence-corrected chi connectivity index (χ1v) is 3.22. The van der Waals surface area contributed by atoms with Crippen molar-refractivity contribution in [2.24, 2.45) is 0 Å². The molecule has 42 valence electrons. The molecule has 0 aliphatic rings. The maximum absolute atomic E-state index is 11.3. The SMILES string of the molecule is FCCCCC[P]. The van der Waals surface area contributed by atoms with E-state index in [0.717, 1.165) is 19.0 Å². The lowest BCUT2D eigenvalue weighted by atomic mass is 10.3. The molecule has 0 amide bonds. The van der Waals surface area contributed by atoms with Gasteiger partial charge in [-0.05, 0) is 28.2 Å². The van der Waals surface area contributed by atoms with Crippen molar-refractivity contribution in [1.82, 2.24) is 0 Å². The van der Waals surface area contributed by atoms with Crippen LogP contribution in [0.3, 0.4) is 0 Å². The first kappa shape index (κ1) is 7.36. The summed E-state index contributed by atoms with van der Waals surface area (Å²) in [5, 5.41) is 0. The van der Waals surface area contributed by atoms with Gasteiger partial charge >= 0.3 is 0 Å². The maximum Gasteiger partial charge on any atom is 0.0894 e. The van der Waals surface area contributed by atoms with E-state index in [1.54, 1.807) is 0 Å². The summed E-state index contributed by atoms with van der Waals surface area (Å²) >= 11 is 0. The quantitative estimate of drug-likeness (QED) is 0.395. The number of rotatable bonds is 4. The molecule has 0 aliphatic heterocycles. The molecule has 0 rings (SSSR count). The van der Waals surface area contributed by atoms with Gasteiger partial charge in [-0.1, -0.05) is 6.42 Å². The second kappa shape index (κ2) is 6.36. The molecule has 0 nitrogen and oxygen atoms in total. The Balaban J connectivity index is 2.45. The van der Waals surface area contributed by atoms with Gasteiger partial charge in [0, 0.05) is 0 Å². The van der Waals surface area contributed by atoms with Crippen molar-refractivity contribution >= 4 is 9.24 Å². The molecule has 0 N–H and O–H groups in total. The summed E-state index contributed by atoms with van der Waals surface area (Å²) in [7, 11) is 3.97. The van der Waals surface area contributed by atoms with Crippen molar-refractivity contribution < 1.29 is 4.39 Å². The largest absolute Gasteiger partial charge is 0.251 e. The molecular weight excluding hydrogens is 110 g/mol. The minimum atomic E-state index is -0.173. The van der Waals surface area contributed by atoms with Gasteiger partial charge in [0.05, 0.1) is 6.67 Å². The van der Waals surface area contributed by atoms with E-state index >= 15 is 0 Å². The van der Waals surface area contributed by atoms with Crippen LogP contribution in [0.25, 0.3) is 0 Å². The summed E-state index contributed by atoms with van der Waals surface area (Å²) in [5.74, 6) is 0. The van der Waals surface area contributed by atoms with Crippen molar-refractivity contribution in [2.75, 3.05) is 12.8 Å². The van der Waals surface area contributed by atoms with Gasteiger partial charge in [0.1, 0.15) is 0 Å². The van der Waals surface area contributed by atoms with Gasteiger partial charge in [0.25, 0.3) is 0 Å². The lowest BCUT2D eigenvalue weighted by Crippen LogP contribution is -1.77. The van der Waals surface area contributed by atoms with Crippen LogP contribution in [-0.2, 0) is 0 Å². The highest BCUT2D eigenvalue weighted by molar-refractivity contribution is 7.16. The third-order valence-electron chi connectivity index (χ3n) is 0.792. The van der Waals surface area contributed by atoms with Crippen LogP contribution in [0.15, 0.2) is 0 Å². The minimum Gasteiger partial charge on any atom is -0.251 e. The molecule has 2 radical (unpaired) electrons. The average Bonchev–Trinajstić information content (AvgIpc) is 1.69. The predicted molar refractivity (Wildman–Crippen MR) is 31.6 cm³/mol. The molecule has 7 heavy (non-hydrogen) atoms.